The molecule has 3 rings (SSSR count). The topological polar surface area (TPSA) is 385 Å². The number of benzene rings is 3. The minimum atomic E-state index is -1.73. The van der Waals surface area contributed by atoms with E-state index in [0.29, 0.717) is 16.7 Å². The molecule has 0 unspecified atom stereocenters. The first kappa shape index (κ1) is 55.5. The standard InChI is InChI=1S/C46H60N8O15/c1-24(2)18-33(51-40(62)32(47)16-17-39(60)61)43(65)52-34(19-26-4-10-29(56)11-5-26)41(63)48-22-38(59)50-37(23-55)45(67)54-36(21-28-8-14-31(58)15-9-28)44(66)53-35(42(64)49-25(3)46(68)69)20-27-6-12-30(57)13-7-27/h4-15,24-25,32-37,55-58H,16-23,47H2,1-3H3,(H,48,63)(H,49,64)(H,50,59)(H,51,62)(H,52,65)(H,53,66)(H,54,67)(H,60,61)(H,68,69)/t25-,32-,33-,34-,35-,36-,37-/m0/s1. The molecule has 0 aliphatic heterocycles. The molecule has 0 aliphatic rings. The van der Waals surface area contributed by atoms with Gasteiger partial charge in [-0.15, -0.1) is 0 Å². The van der Waals surface area contributed by atoms with Crippen molar-refractivity contribution in [3.63, 3.8) is 0 Å². The number of carboxylic acid groups (broad SMARTS) is 2. The minimum absolute atomic E-state index is 0.0823. The fourth-order valence-electron chi connectivity index (χ4n) is 6.55. The van der Waals surface area contributed by atoms with Gasteiger partial charge in [0.25, 0.3) is 0 Å². The second kappa shape index (κ2) is 27.1. The molecule has 3 aromatic carbocycles. The van der Waals surface area contributed by atoms with Crippen molar-refractivity contribution in [1.29, 1.82) is 0 Å². The Morgan fingerprint density at radius 3 is 1.28 bits per heavy atom. The molecule has 0 radical (unpaired) electrons. The van der Waals surface area contributed by atoms with E-state index in [1.54, 1.807) is 13.8 Å². The van der Waals surface area contributed by atoms with Crippen LogP contribution in [0.1, 0.15) is 56.7 Å². The van der Waals surface area contributed by atoms with Crippen molar-refractivity contribution < 1.29 is 73.8 Å². The van der Waals surface area contributed by atoms with Gasteiger partial charge < -0.3 is 73.6 Å². The number of phenols is 3. The van der Waals surface area contributed by atoms with Crippen LogP contribution in [0.3, 0.4) is 0 Å². The predicted octanol–water partition coefficient (Wildman–Crippen LogP) is -1.81. The van der Waals surface area contributed by atoms with Crippen LogP contribution < -0.4 is 43.0 Å². The molecule has 69 heavy (non-hydrogen) atoms. The monoisotopic (exact) mass is 964 g/mol. The third-order valence-corrected chi connectivity index (χ3v) is 10.4. The third-order valence-electron chi connectivity index (χ3n) is 10.4. The summed E-state index contributed by atoms with van der Waals surface area (Å²) in [5.74, 6) is -9.43. The van der Waals surface area contributed by atoms with Gasteiger partial charge in [-0.2, -0.15) is 0 Å². The first-order valence-electron chi connectivity index (χ1n) is 21.8. The maximum Gasteiger partial charge on any atom is 0.325 e. The number of aliphatic carboxylic acids is 2. The number of aliphatic hydroxyl groups excluding tert-OH is 1. The van der Waals surface area contributed by atoms with Crippen LogP contribution in [0.5, 0.6) is 17.2 Å². The summed E-state index contributed by atoms with van der Waals surface area (Å²) >= 11 is 0. The lowest BCUT2D eigenvalue weighted by atomic mass is 10.0. The maximum absolute atomic E-state index is 14.0. The Morgan fingerprint density at radius 2 is 0.884 bits per heavy atom. The van der Waals surface area contributed by atoms with Crippen molar-refractivity contribution in [2.75, 3.05) is 13.2 Å². The van der Waals surface area contributed by atoms with Gasteiger partial charge in [-0.05, 0) is 78.8 Å². The molecule has 0 fully saturated rings. The van der Waals surface area contributed by atoms with Gasteiger partial charge in [0.15, 0.2) is 0 Å². The average molecular weight is 965 g/mol. The van der Waals surface area contributed by atoms with E-state index in [9.17, 15) is 68.7 Å². The summed E-state index contributed by atoms with van der Waals surface area (Å²) in [6.07, 6.45) is -1.15. The van der Waals surface area contributed by atoms with E-state index in [1.807, 2.05) is 0 Å². The number of hydrogen-bond donors (Lipinski definition) is 14. The van der Waals surface area contributed by atoms with E-state index in [0.717, 1.165) is 0 Å². The van der Waals surface area contributed by atoms with Gasteiger partial charge in [0, 0.05) is 25.7 Å². The molecule has 7 amide bonds. The fourth-order valence-corrected chi connectivity index (χ4v) is 6.55. The zero-order valence-electron chi connectivity index (χ0n) is 38.1. The number of carbonyl (C=O) groups is 9. The molecule has 374 valence electrons. The Kier molecular flexibility index (Phi) is 21.8. The lowest BCUT2D eigenvalue weighted by molar-refractivity contribution is -0.142. The molecule has 3 aromatic rings. The van der Waals surface area contributed by atoms with Crippen molar-refractivity contribution in [1.82, 2.24) is 37.2 Å². The number of carbonyl (C=O) groups excluding carboxylic acids is 7. The van der Waals surface area contributed by atoms with Crippen molar-refractivity contribution in [3.05, 3.63) is 89.5 Å². The lowest BCUT2D eigenvalue weighted by Crippen LogP contribution is -2.59. The first-order valence-corrected chi connectivity index (χ1v) is 21.8. The summed E-state index contributed by atoms with van der Waals surface area (Å²) in [5, 5.41) is 74.9. The summed E-state index contributed by atoms with van der Waals surface area (Å²) in [6, 6.07) is 6.88. The lowest BCUT2D eigenvalue weighted by Gasteiger charge is -2.26. The van der Waals surface area contributed by atoms with Crippen LogP contribution in [0.25, 0.3) is 0 Å². The Morgan fingerprint density at radius 1 is 0.507 bits per heavy atom. The Bertz CT molecular complexity index is 2260. The molecule has 15 N–H and O–H groups in total. The summed E-state index contributed by atoms with van der Waals surface area (Å²) in [4.78, 5) is 117. The molecule has 23 heteroatoms. The SMILES string of the molecule is CC(C)C[C@H](NC(=O)[C@@H](N)CCC(=O)O)C(=O)N[C@@H](Cc1ccc(O)cc1)C(=O)NCC(=O)N[C@@H](CO)C(=O)N[C@@H](Cc1ccc(O)cc1)C(=O)N[C@@H](Cc1ccc(O)cc1)C(=O)N[C@@H](C)C(=O)O. The fraction of sp³-hybridized carbons (Fsp3) is 0.413. The van der Waals surface area contributed by atoms with E-state index in [2.05, 4.69) is 37.2 Å². The number of nitrogens with one attached hydrogen (secondary N) is 7. The number of rotatable bonds is 27. The number of amides is 7. The van der Waals surface area contributed by atoms with Crippen molar-refractivity contribution in [2.24, 2.45) is 11.7 Å². The van der Waals surface area contributed by atoms with Crippen molar-refractivity contribution in [3.8, 4) is 17.2 Å². The van der Waals surface area contributed by atoms with Crippen molar-refractivity contribution >= 4 is 53.3 Å². The van der Waals surface area contributed by atoms with Gasteiger partial charge in [0.05, 0.1) is 19.2 Å². The predicted molar refractivity (Wildman–Crippen MR) is 245 cm³/mol. The highest BCUT2D eigenvalue weighted by Crippen LogP contribution is 2.16. The number of nitrogens with two attached hydrogens (primary N) is 1. The second-order valence-corrected chi connectivity index (χ2v) is 16.6. The summed E-state index contributed by atoms with van der Waals surface area (Å²) in [7, 11) is 0. The average Bonchev–Trinajstić information content (AvgIpc) is 3.29. The van der Waals surface area contributed by atoms with Gasteiger partial charge in [-0.1, -0.05) is 50.2 Å². The molecule has 0 aromatic heterocycles. The third kappa shape index (κ3) is 19.5. The minimum Gasteiger partial charge on any atom is -0.508 e. The molecular formula is C46H60N8O15. The van der Waals surface area contributed by atoms with E-state index in [-0.39, 0.29) is 55.3 Å². The van der Waals surface area contributed by atoms with Gasteiger partial charge in [-0.25, -0.2) is 0 Å². The normalized spacial score (nSPS) is 14.0. The number of aliphatic hydroxyl groups is 1. The largest absolute Gasteiger partial charge is 0.508 e. The summed E-state index contributed by atoms with van der Waals surface area (Å²) < 4.78 is 0. The van der Waals surface area contributed by atoms with Crippen LogP contribution in [0.2, 0.25) is 0 Å². The van der Waals surface area contributed by atoms with E-state index in [4.69, 9.17) is 10.8 Å². The Balaban J connectivity index is 1.79. The maximum atomic E-state index is 14.0. The van der Waals surface area contributed by atoms with E-state index < -0.39 is 115 Å². The zero-order chi connectivity index (χ0) is 51.4. The molecular weight excluding hydrogens is 905 g/mol. The molecule has 7 atom stereocenters. The van der Waals surface area contributed by atoms with Gasteiger partial charge in [0.1, 0.15) is 53.5 Å². The smallest absolute Gasteiger partial charge is 0.325 e. The summed E-state index contributed by atoms with van der Waals surface area (Å²) in [5.41, 5.74) is 7.18. The van der Waals surface area contributed by atoms with E-state index in [1.165, 1.54) is 79.7 Å². The quantitative estimate of drug-likeness (QED) is 0.0400. The molecule has 0 aliphatic carbocycles. The highest BCUT2D eigenvalue weighted by Gasteiger charge is 2.33. The number of phenolic OH excluding ortho intramolecular Hbond substituents is 3. The highest BCUT2D eigenvalue weighted by molar-refractivity contribution is 5.97. The number of carboxylic acids is 2. The molecule has 0 spiro atoms. The highest BCUT2D eigenvalue weighted by atomic mass is 16.4. The molecule has 0 saturated carbocycles. The van der Waals surface area contributed by atoms with Crippen LogP contribution in [0.4, 0.5) is 0 Å². The molecule has 0 bridgehead atoms. The van der Waals surface area contributed by atoms with Crippen LogP contribution >= 0.6 is 0 Å². The number of hydrogen-bond acceptors (Lipinski definition) is 14. The van der Waals surface area contributed by atoms with Crippen LogP contribution in [-0.2, 0) is 62.4 Å². The van der Waals surface area contributed by atoms with Gasteiger partial charge in [0.2, 0.25) is 41.4 Å². The molecule has 0 saturated heterocycles. The summed E-state index contributed by atoms with van der Waals surface area (Å²) in [6.45, 7) is 2.92. The second-order valence-electron chi connectivity index (χ2n) is 16.6. The van der Waals surface area contributed by atoms with Gasteiger partial charge >= 0.3 is 11.9 Å². The zero-order valence-corrected chi connectivity index (χ0v) is 38.1. The van der Waals surface area contributed by atoms with Gasteiger partial charge in [-0.3, -0.25) is 43.2 Å². The molecule has 23 nitrogen and oxygen atoms in total. The number of aromatic hydroxyl groups is 3. The van der Waals surface area contributed by atoms with Crippen LogP contribution in [-0.4, -0.2) is 139 Å². The Hall–Kier alpha value is -7.79. The van der Waals surface area contributed by atoms with Crippen molar-refractivity contribution in [2.45, 2.75) is 102 Å². The molecule has 0 heterocycles. The van der Waals surface area contributed by atoms with E-state index >= 15 is 0 Å². The first-order chi connectivity index (χ1) is 32.5. The van der Waals surface area contributed by atoms with Crippen LogP contribution in [0, 0.1) is 5.92 Å². The Labute approximate surface area is 396 Å². The van der Waals surface area contributed by atoms with Crippen LogP contribution in [0.15, 0.2) is 72.8 Å².